The fraction of sp³-hybridized carbons (Fsp3) is 0.778. The highest BCUT2D eigenvalue weighted by Gasteiger charge is 2.15. The molecule has 1 saturated heterocycles. The molecule has 0 bridgehead atoms. The van der Waals surface area contributed by atoms with Gasteiger partial charge in [0.05, 0.1) is 0 Å². The molecule has 14 heavy (non-hydrogen) atoms. The molecule has 2 rings (SSSR count). The Hall–Kier alpha value is -0.550. The van der Waals surface area contributed by atoms with E-state index in [1.54, 1.807) is 6.33 Å². The lowest BCUT2D eigenvalue weighted by Crippen LogP contribution is -2.14. The molecule has 1 fully saturated rings. The maximum Gasteiger partial charge on any atom is 0.191 e. The Bertz CT molecular complexity index is 278. The SMILES string of the molecule is Cn1cnnc1SC1CCCNCC1. The first kappa shape index (κ1) is 9.98. The lowest BCUT2D eigenvalue weighted by atomic mass is 10.2. The number of hydrogen-bond donors (Lipinski definition) is 1. The molecule has 1 unspecified atom stereocenters. The van der Waals surface area contributed by atoms with Gasteiger partial charge < -0.3 is 9.88 Å². The first-order valence-corrected chi connectivity index (χ1v) is 5.95. The van der Waals surface area contributed by atoms with Crippen LogP contribution in [0.25, 0.3) is 0 Å². The second kappa shape index (κ2) is 4.79. The Labute approximate surface area is 88.5 Å². The summed E-state index contributed by atoms with van der Waals surface area (Å²) in [5.74, 6) is 0. The Kier molecular flexibility index (Phi) is 3.42. The van der Waals surface area contributed by atoms with Crippen LogP contribution in [0.15, 0.2) is 11.5 Å². The first-order chi connectivity index (χ1) is 6.86. The summed E-state index contributed by atoms with van der Waals surface area (Å²) >= 11 is 1.86. The number of nitrogens with one attached hydrogen (secondary N) is 1. The number of rotatable bonds is 2. The fourth-order valence-corrected chi connectivity index (χ4v) is 2.76. The number of nitrogens with zero attached hydrogens (tertiary/aromatic N) is 3. The minimum atomic E-state index is 0.702. The maximum absolute atomic E-state index is 4.10. The lowest BCUT2D eigenvalue weighted by Gasteiger charge is -2.11. The van der Waals surface area contributed by atoms with Gasteiger partial charge >= 0.3 is 0 Å². The monoisotopic (exact) mass is 212 g/mol. The number of aryl methyl sites for hydroxylation is 1. The molecular formula is C9H16N4S. The van der Waals surface area contributed by atoms with Gasteiger partial charge in [0.1, 0.15) is 6.33 Å². The van der Waals surface area contributed by atoms with Crippen molar-refractivity contribution in [3.63, 3.8) is 0 Å². The average molecular weight is 212 g/mol. The molecule has 5 heteroatoms. The highest BCUT2D eigenvalue weighted by molar-refractivity contribution is 7.99. The van der Waals surface area contributed by atoms with E-state index in [2.05, 4.69) is 15.5 Å². The summed E-state index contributed by atoms with van der Waals surface area (Å²) in [5, 5.41) is 13.1. The van der Waals surface area contributed by atoms with Gasteiger partial charge in [-0.1, -0.05) is 11.8 Å². The zero-order valence-corrected chi connectivity index (χ0v) is 9.26. The molecule has 1 aliphatic heterocycles. The predicted molar refractivity (Wildman–Crippen MR) is 57.4 cm³/mol. The van der Waals surface area contributed by atoms with Crippen molar-refractivity contribution >= 4 is 11.8 Å². The van der Waals surface area contributed by atoms with Crippen molar-refractivity contribution < 1.29 is 0 Å². The number of aromatic nitrogens is 3. The molecule has 1 N–H and O–H groups in total. The van der Waals surface area contributed by atoms with Crippen molar-refractivity contribution in [1.82, 2.24) is 20.1 Å². The molecular weight excluding hydrogens is 196 g/mol. The second-order valence-corrected chi connectivity index (χ2v) is 4.91. The Morgan fingerprint density at radius 3 is 3.21 bits per heavy atom. The van der Waals surface area contributed by atoms with Crippen molar-refractivity contribution in [2.45, 2.75) is 29.7 Å². The van der Waals surface area contributed by atoms with Crippen LogP contribution in [0.1, 0.15) is 19.3 Å². The predicted octanol–water partition coefficient (Wildman–Crippen LogP) is 1.05. The smallest absolute Gasteiger partial charge is 0.191 e. The molecule has 0 amide bonds. The molecule has 1 aromatic rings. The number of thioether (sulfide) groups is 1. The molecule has 0 aliphatic carbocycles. The summed E-state index contributed by atoms with van der Waals surface area (Å²) in [7, 11) is 2.00. The minimum Gasteiger partial charge on any atom is -0.317 e. The van der Waals surface area contributed by atoms with Crippen molar-refractivity contribution in [3.05, 3.63) is 6.33 Å². The van der Waals surface area contributed by atoms with E-state index < -0.39 is 0 Å². The third-order valence-corrected chi connectivity index (χ3v) is 3.85. The first-order valence-electron chi connectivity index (χ1n) is 5.07. The van der Waals surface area contributed by atoms with E-state index >= 15 is 0 Å². The summed E-state index contributed by atoms with van der Waals surface area (Å²) in [6.45, 7) is 2.30. The van der Waals surface area contributed by atoms with Crippen LogP contribution in [-0.2, 0) is 7.05 Å². The maximum atomic E-state index is 4.10. The largest absolute Gasteiger partial charge is 0.317 e. The highest BCUT2D eigenvalue weighted by atomic mass is 32.2. The Morgan fingerprint density at radius 2 is 2.43 bits per heavy atom. The molecule has 1 aliphatic rings. The molecule has 1 atom stereocenters. The third kappa shape index (κ3) is 2.48. The minimum absolute atomic E-state index is 0.702. The summed E-state index contributed by atoms with van der Waals surface area (Å²) in [6, 6.07) is 0. The molecule has 0 aromatic carbocycles. The third-order valence-electron chi connectivity index (χ3n) is 2.46. The summed E-state index contributed by atoms with van der Waals surface area (Å²) in [6.07, 6.45) is 5.55. The van der Waals surface area contributed by atoms with Gasteiger partial charge in [-0.25, -0.2) is 0 Å². The molecule has 78 valence electrons. The normalized spacial score (nSPS) is 23.4. The fourth-order valence-electron chi connectivity index (χ4n) is 1.63. The highest BCUT2D eigenvalue weighted by Crippen LogP contribution is 2.26. The van der Waals surface area contributed by atoms with Crippen molar-refractivity contribution in [2.75, 3.05) is 13.1 Å². The number of hydrogen-bond acceptors (Lipinski definition) is 4. The topological polar surface area (TPSA) is 42.7 Å². The Balaban J connectivity index is 1.92. The van der Waals surface area contributed by atoms with Crippen LogP contribution in [0.4, 0.5) is 0 Å². The second-order valence-electron chi connectivity index (χ2n) is 3.65. The van der Waals surface area contributed by atoms with E-state index in [9.17, 15) is 0 Å². The quantitative estimate of drug-likeness (QED) is 0.795. The summed E-state index contributed by atoms with van der Waals surface area (Å²) in [4.78, 5) is 0. The van der Waals surface area contributed by atoms with Gasteiger partial charge in [-0.05, 0) is 32.4 Å². The zero-order valence-electron chi connectivity index (χ0n) is 8.44. The molecule has 1 aromatic heterocycles. The van der Waals surface area contributed by atoms with Crippen LogP contribution in [0.2, 0.25) is 0 Å². The zero-order chi connectivity index (χ0) is 9.80. The van der Waals surface area contributed by atoms with Gasteiger partial charge in [-0.2, -0.15) is 0 Å². The van der Waals surface area contributed by atoms with Gasteiger partial charge in [0, 0.05) is 12.3 Å². The summed E-state index contributed by atoms with van der Waals surface area (Å²) < 4.78 is 1.99. The van der Waals surface area contributed by atoms with E-state index in [-0.39, 0.29) is 0 Å². The van der Waals surface area contributed by atoms with Crippen LogP contribution in [-0.4, -0.2) is 33.1 Å². The van der Waals surface area contributed by atoms with Crippen molar-refractivity contribution in [2.24, 2.45) is 7.05 Å². The van der Waals surface area contributed by atoms with E-state index in [4.69, 9.17) is 0 Å². The van der Waals surface area contributed by atoms with Gasteiger partial charge in [0.25, 0.3) is 0 Å². The average Bonchev–Trinajstić information content (AvgIpc) is 2.44. The van der Waals surface area contributed by atoms with Crippen LogP contribution < -0.4 is 5.32 Å². The molecule has 4 nitrogen and oxygen atoms in total. The van der Waals surface area contributed by atoms with E-state index in [0.29, 0.717) is 5.25 Å². The van der Waals surface area contributed by atoms with Crippen molar-refractivity contribution in [1.29, 1.82) is 0 Å². The van der Waals surface area contributed by atoms with Crippen molar-refractivity contribution in [3.8, 4) is 0 Å². The van der Waals surface area contributed by atoms with E-state index in [0.717, 1.165) is 18.2 Å². The molecule has 0 radical (unpaired) electrons. The Morgan fingerprint density at radius 1 is 1.50 bits per heavy atom. The van der Waals surface area contributed by atoms with Crippen LogP contribution in [0.3, 0.4) is 0 Å². The standard InChI is InChI=1S/C9H16N4S/c1-13-7-11-12-9(13)14-8-3-2-5-10-6-4-8/h7-8,10H,2-6H2,1H3. The molecule has 0 spiro atoms. The van der Waals surface area contributed by atoms with E-state index in [1.807, 2.05) is 23.4 Å². The van der Waals surface area contributed by atoms with Gasteiger partial charge in [0.2, 0.25) is 0 Å². The van der Waals surface area contributed by atoms with Gasteiger partial charge in [0.15, 0.2) is 5.16 Å². The van der Waals surface area contributed by atoms with E-state index in [1.165, 1.54) is 19.3 Å². The lowest BCUT2D eigenvalue weighted by molar-refractivity contribution is 0.703. The van der Waals surface area contributed by atoms with Crippen LogP contribution in [0.5, 0.6) is 0 Å². The molecule has 2 heterocycles. The van der Waals surface area contributed by atoms with Gasteiger partial charge in [-0.15, -0.1) is 10.2 Å². The van der Waals surface area contributed by atoms with Gasteiger partial charge in [-0.3, -0.25) is 0 Å². The van der Waals surface area contributed by atoms with Crippen LogP contribution in [0, 0.1) is 0 Å². The molecule has 0 saturated carbocycles. The van der Waals surface area contributed by atoms with Crippen LogP contribution >= 0.6 is 11.8 Å². The summed E-state index contributed by atoms with van der Waals surface area (Å²) in [5.41, 5.74) is 0.